The summed E-state index contributed by atoms with van der Waals surface area (Å²) in [6.07, 6.45) is 4.98. The van der Waals surface area contributed by atoms with Crippen LogP contribution in [-0.2, 0) is 6.42 Å². The summed E-state index contributed by atoms with van der Waals surface area (Å²) in [5.74, 6) is 0. The third-order valence-electron chi connectivity index (χ3n) is 4.10. The van der Waals surface area contributed by atoms with Crippen molar-refractivity contribution in [3.63, 3.8) is 0 Å². The van der Waals surface area contributed by atoms with Crippen molar-refractivity contribution in [2.24, 2.45) is 0 Å². The van der Waals surface area contributed by atoms with Crippen molar-refractivity contribution in [3.05, 3.63) is 55.3 Å². The minimum Gasteiger partial charge on any atom is -0.303 e. The first-order valence-electron chi connectivity index (χ1n) is 7.37. The van der Waals surface area contributed by atoms with E-state index in [0.29, 0.717) is 12.1 Å². The number of fused-ring (bicyclic) bond motifs is 1. The maximum atomic E-state index is 3.89. The van der Waals surface area contributed by atoms with Crippen LogP contribution in [0.25, 0.3) is 0 Å². The van der Waals surface area contributed by atoms with E-state index in [0.717, 1.165) is 6.42 Å². The zero-order chi connectivity index (χ0) is 13.9. The molecule has 0 fully saturated rings. The number of rotatable bonds is 4. The van der Waals surface area contributed by atoms with Gasteiger partial charge < -0.3 is 5.32 Å². The van der Waals surface area contributed by atoms with Gasteiger partial charge in [0.1, 0.15) is 0 Å². The Morgan fingerprint density at radius 3 is 2.90 bits per heavy atom. The summed E-state index contributed by atoms with van der Waals surface area (Å²) in [5, 5.41) is 3.89. The highest BCUT2D eigenvalue weighted by molar-refractivity contribution is 14.1. The monoisotopic (exact) mass is 397 g/mol. The van der Waals surface area contributed by atoms with Crippen LogP contribution in [0.3, 0.4) is 0 Å². The first kappa shape index (κ1) is 14.5. The highest BCUT2D eigenvalue weighted by atomic mass is 127. The largest absolute Gasteiger partial charge is 0.303 e. The Balaban J connectivity index is 1.80. The van der Waals surface area contributed by atoms with E-state index >= 15 is 0 Å². The lowest BCUT2D eigenvalue weighted by Crippen LogP contribution is -2.28. The molecule has 0 saturated carbocycles. The summed E-state index contributed by atoms with van der Waals surface area (Å²) >= 11 is 4.43. The molecule has 0 saturated heterocycles. The molecule has 0 spiro atoms. The van der Waals surface area contributed by atoms with E-state index in [1.165, 1.54) is 27.7 Å². The van der Waals surface area contributed by atoms with Gasteiger partial charge in [0.25, 0.3) is 0 Å². The molecule has 0 amide bonds. The quantitative estimate of drug-likeness (QED) is 0.675. The standard InChI is InChI=1S/C17H20INS/c1-2-14(12-7-4-3-5-8-12)19-15-9-6-10-16-13(15)11-17(18)20-16/h3-5,7-8,11,14-15,19H,2,6,9-10H2,1H3. The Bertz CT molecular complexity index is 564. The van der Waals surface area contributed by atoms with Crippen LogP contribution in [0.2, 0.25) is 0 Å². The van der Waals surface area contributed by atoms with Gasteiger partial charge >= 0.3 is 0 Å². The molecule has 3 rings (SSSR count). The van der Waals surface area contributed by atoms with Crippen molar-refractivity contribution in [2.45, 2.75) is 44.7 Å². The molecule has 0 aliphatic heterocycles. The fraction of sp³-hybridized carbons (Fsp3) is 0.412. The summed E-state index contributed by atoms with van der Waals surface area (Å²) in [5.41, 5.74) is 2.96. The first-order chi connectivity index (χ1) is 9.78. The van der Waals surface area contributed by atoms with Crippen LogP contribution in [0, 0.1) is 2.88 Å². The van der Waals surface area contributed by atoms with E-state index in [2.05, 4.69) is 71.2 Å². The van der Waals surface area contributed by atoms with E-state index in [1.54, 1.807) is 10.4 Å². The van der Waals surface area contributed by atoms with Crippen LogP contribution >= 0.6 is 33.9 Å². The molecule has 1 aromatic carbocycles. The molecule has 106 valence electrons. The fourth-order valence-electron chi connectivity index (χ4n) is 3.07. The van der Waals surface area contributed by atoms with Crippen molar-refractivity contribution in [1.82, 2.24) is 5.32 Å². The molecule has 2 atom stereocenters. The molecule has 0 bridgehead atoms. The Hall–Kier alpha value is -0.390. The topological polar surface area (TPSA) is 12.0 Å². The Morgan fingerprint density at radius 1 is 1.35 bits per heavy atom. The molecule has 3 heteroatoms. The second kappa shape index (κ2) is 6.58. The predicted molar refractivity (Wildman–Crippen MR) is 95.3 cm³/mol. The molecular formula is C17H20INS. The lowest BCUT2D eigenvalue weighted by molar-refractivity contribution is 0.395. The van der Waals surface area contributed by atoms with E-state index in [9.17, 15) is 0 Å². The molecule has 1 aromatic heterocycles. The van der Waals surface area contributed by atoms with Gasteiger partial charge in [0.2, 0.25) is 0 Å². The Kier molecular flexibility index (Phi) is 4.79. The molecule has 1 aliphatic carbocycles. The minimum absolute atomic E-state index is 0.463. The molecular weight excluding hydrogens is 377 g/mol. The molecule has 1 nitrogen and oxygen atoms in total. The average molecular weight is 397 g/mol. The van der Waals surface area contributed by atoms with Crippen LogP contribution in [0.1, 0.15) is 54.3 Å². The van der Waals surface area contributed by atoms with Gasteiger partial charge in [-0.2, -0.15) is 0 Å². The zero-order valence-electron chi connectivity index (χ0n) is 11.7. The van der Waals surface area contributed by atoms with Crippen LogP contribution < -0.4 is 5.32 Å². The number of aryl methyl sites for hydroxylation is 1. The molecule has 20 heavy (non-hydrogen) atoms. The second-order valence-corrected chi connectivity index (χ2v) is 8.44. The Labute approximate surface area is 138 Å². The maximum Gasteiger partial charge on any atom is 0.0659 e. The van der Waals surface area contributed by atoms with Gasteiger partial charge in [-0.3, -0.25) is 0 Å². The lowest BCUT2D eigenvalue weighted by atomic mass is 9.92. The van der Waals surface area contributed by atoms with E-state index in [-0.39, 0.29) is 0 Å². The highest BCUT2D eigenvalue weighted by Gasteiger charge is 2.24. The lowest BCUT2D eigenvalue weighted by Gasteiger charge is -2.28. The number of halogens is 1. The van der Waals surface area contributed by atoms with Gasteiger partial charge in [-0.15, -0.1) is 11.3 Å². The van der Waals surface area contributed by atoms with E-state index in [4.69, 9.17) is 0 Å². The normalized spacial score (nSPS) is 19.6. The van der Waals surface area contributed by atoms with Crippen LogP contribution in [-0.4, -0.2) is 0 Å². The van der Waals surface area contributed by atoms with E-state index in [1.807, 2.05) is 11.3 Å². The third kappa shape index (κ3) is 3.10. The molecule has 1 N–H and O–H groups in total. The van der Waals surface area contributed by atoms with Crippen molar-refractivity contribution in [2.75, 3.05) is 0 Å². The molecule has 1 heterocycles. The summed E-state index contributed by atoms with van der Waals surface area (Å²) in [7, 11) is 0. The average Bonchev–Trinajstić information content (AvgIpc) is 2.86. The molecule has 0 radical (unpaired) electrons. The smallest absolute Gasteiger partial charge is 0.0659 e. The molecule has 1 aliphatic rings. The fourth-order valence-corrected chi connectivity index (χ4v) is 5.19. The van der Waals surface area contributed by atoms with Crippen LogP contribution in [0.5, 0.6) is 0 Å². The van der Waals surface area contributed by atoms with Gasteiger partial charge in [0, 0.05) is 17.0 Å². The van der Waals surface area contributed by atoms with Crippen LogP contribution in [0.15, 0.2) is 36.4 Å². The second-order valence-electron chi connectivity index (χ2n) is 5.41. The number of benzene rings is 1. The summed E-state index contributed by atoms with van der Waals surface area (Å²) in [4.78, 5) is 1.60. The number of nitrogens with one attached hydrogen (secondary N) is 1. The molecule has 2 aromatic rings. The highest BCUT2D eigenvalue weighted by Crippen LogP contribution is 2.37. The van der Waals surface area contributed by atoms with Crippen molar-refractivity contribution in [1.29, 1.82) is 0 Å². The summed E-state index contributed by atoms with van der Waals surface area (Å²) < 4.78 is 1.43. The van der Waals surface area contributed by atoms with Crippen LogP contribution in [0.4, 0.5) is 0 Å². The maximum absolute atomic E-state index is 3.89. The SMILES string of the molecule is CCC(NC1CCCc2sc(I)cc21)c1ccccc1. The number of hydrogen-bond acceptors (Lipinski definition) is 2. The van der Waals surface area contributed by atoms with Crippen molar-refractivity contribution >= 4 is 33.9 Å². The number of thiophene rings is 1. The number of hydrogen-bond donors (Lipinski definition) is 1. The van der Waals surface area contributed by atoms with Gasteiger partial charge in [-0.25, -0.2) is 0 Å². The predicted octanol–water partition coefficient (Wildman–Crippen LogP) is 5.47. The van der Waals surface area contributed by atoms with Crippen molar-refractivity contribution < 1.29 is 0 Å². The molecule has 2 unspecified atom stereocenters. The van der Waals surface area contributed by atoms with Gasteiger partial charge in [-0.1, -0.05) is 37.3 Å². The zero-order valence-corrected chi connectivity index (χ0v) is 14.7. The van der Waals surface area contributed by atoms with Gasteiger partial charge in [-0.05, 0) is 65.5 Å². The first-order valence-corrected chi connectivity index (χ1v) is 9.26. The third-order valence-corrected chi connectivity index (χ3v) is 6.07. The van der Waals surface area contributed by atoms with E-state index < -0.39 is 0 Å². The Morgan fingerprint density at radius 2 is 2.15 bits per heavy atom. The summed E-state index contributed by atoms with van der Waals surface area (Å²) in [6, 6.07) is 14.2. The van der Waals surface area contributed by atoms with Gasteiger partial charge in [0.05, 0.1) is 2.88 Å². The minimum atomic E-state index is 0.463. The summed E-state index contributed by atoms with van der Waals surface area (Å²) in [6.45, 7) is 2.27. The van der Waals surface area contributed by atoms with Crippen molar-refractivity contribution in [3.8, 4) is 0 Å². The van der Waals surface area contributed by atoms with Gasteiger partial charge in [0.15, 0.2) is 0 Å².